The molecule has 20 heavy (non-hydrogen) atoms. The van der Waals surface area contributed by atoms with Crippen LogP contribution < -0.4 is 5.32 Å². The fourth-order valence-electron chi connectivity index (χ4n) is 1.99. The first kappa shape index (κ1) is 12.3. The van der Waals surface area contributed by atoms with Crippen LogP contribution in [0.25, 0.3) is 11.4 Å². The number of hydrogen-bond donors (Lipinski definition) is 2. The number of aryl methyl sites for hydroxylation is 2. The normalized spacial score (nSPS) is 10.7. The number of benzene rings is 1. The molecule has 0 radical (unpaired) electrons. The summed E-state index contributed by atoms with van der Waals surface area (Å²) in [4.78, 5) is 0. The molecule has 0 saturated heterocycles. The van der Waals surface area contributed by atoms with Crippen molar-refractivity contribution in [3.8, 4) is 11.4 Å². The Morgan fingerprint density at radius 2 is 2.25 bits per heavy atom. The minimum atomic E-state index is 0.725. The number of tetrazole rings is 1. The fourth-order valence-corrected chi connectivity index (χ4v) is 1.99. The Balaban J connectivity index is 1.78. The number of rotatable bonds is 4. The molecule has 7 heteroatoms. The Kier molecular flexibility index (Phi) is 3.16. The number of H-pyrrole nitrogens is 1. The summed E-state index contributed by atoms with van der Waals surface area (Å²) in [5.74, 6) is 0.744. The highest BCUT2D eigenvalue weighted by Crippen LogP contribution is 2.20. The van der Waals surface area contributed by atoms with Crippen molar-refractivity contribution in [3.63, 3.8) is 0 Å². The highest BCUT2D eigenvalue weighted by molar-refractivity contribution is 5.62. The summed E-state index contributed by atoms with van der Waals surface area (Å²) in [6.07, 6.45) is 1.83. The van der Waals surface area contributed by atoms with E-state index >= 15 is 0 Å². The predicted molar refractivity (Wildman–Crippen MR) is 74.9 cm³/mol. The quantitative estimate of drug-likeness (QED) is 0.750. The number of nitrogens with zero attached hydrogens (tertiary/aromatic N) is 5. The average molecular weight is 269 g/mol. The Labute approximate surface area is 116 Å². The predicted octanol–water partition coefficient (Wildman–Crippen LogP) is 1.52. The molecule has 102 valence electrons. The SMILES string of the molecule is Cc1[nH]ncc1CNc1cccc(-c2nnnn2C)c1. The van der Waals surface area contributed by atoms with Gasteiger partial charge in [-0.3, -0.25) is 5.10 Å². The maximum absolute atomic E-state index is 4.01. The number of anilines is 1. The molecule has 1 aromatic carbocycles. The van der Waals surface area contributed by atoms with E-state index in [1.165, 1.54) is 0 Å². The molecule has 3 aromatic rings. The Hall–Kier alpha value is -2.70. The molecule has 2 heterocycles. The minimum Gasteiger partial charge on any atom is -0.381 e. The molecule has 0 saturated carbocycles. The molecule has 0 spiro atoms. The second-order valence-electron chi connectivity index (χ2n) is 4.58. The van der Waals surface area contributed by atoms with Crippen molar-refractivity contribution in [3.05, 3.63) is 41.7 Å². The molecule has 0 aliphatic rings. The van der Waals surface area contributed by atoms with Gasteiger partial charge in [-0.05, 0) is 29.5 Å². The van der Waals surface area contributed by atoms with Gasteiger partial charge in [0, 0.05) is 36.1 Å². The van der Waals surface area contributed by atoms with Crippen LogP contribution in [0.15, 0.2) is 30.5 Å². The second kappa shape index (κ2) is 5.12. The standard InChI is InChI=1S/C13H15N7/c1-9-11(8-15-16-9)7-14-12-5-3-4-10(6-12)13-17-18-19-20(13)2/h3-6,8,14H,7H2,1-2H3,(H,15,16). The molecular weight excluding hydrogens is 254 g/mol. The van der Waals surface area contributed by atoms with Gasteiger partial charge in [0.25, 0.3) is 0 Å². The van der Waals surface area contributed by atoms with Gasteiger partial charge in [-0.2, -0.15) is 5.10 Å². The summed E-state index contributed by atoms with van der Waals surface area (Å²) in [6, 6.07) is 8.01. The maximum Gasteiger partial charge on any atom is 0.181 e. The fraction of sp³-hybridized carbons (Fsp3) is 0.231. The van der Waals surface area contributed by atoms with Crippen LogP contribution in [0.3, 0.4) is 0 Å². The van der Waals surface area contributed by atoms with Gasteiger partial charge in [0.1, 0.15) is 0 Å². The van der Waals surface area contributed by atoms with Gasteiger partial charge in [0.15, 0.2) is 5.82 Å². The Morgan fingerprint density at radius 1 is 1.35 bits per heavy atom. The van der Waals surface area contributed by atoms with Crippen LogP contribution in [0.4, 0.5) is 5.69 Å². The lowest BCUT2D eigenvalue weighted by molar-refractivity contribution is 0.714. The van der Waals surface area contributed by atoms with Crippen LogP contribution in [0, 0.1) is 6.92 Å². The van der Waals surface area contributed by atoms with E-state index in [1.54, 1.807) is 4.68 Å². The van der Waals surface area contributed by atoms with Crippen LogP contribution in [0.1, 0.15) is 11.3 Å². The van der Waals surface area contributed by atoms with Crippen molar-refractivity contribution >= 4 is 5.69 Å². The first-order valence-corrected chi connectivity index (χ1v) is 6.29. The summed E-state index contributed by atoms with van der Waals surface area (Å²) in [6.45, 7) is 2.73. The third kappa shape index (κ3) is 2.37. The molecule has 2 aromatic heterocycles. The molecule has 0 unspecified atom stereocenters. The molecular formula is C13H15N7. The van der Waals surface area contributed by atoms with Gasteiger partial charge in [-0.15, -0.1) is 5.10 Å². The summed E-state index contributed by atoms with van der Waals surface area (Å²) in [5.41, 5.74) is 4.22. The van der Waals surface area contributed by atoms with Crippen LogP contribution in [-0.2, 0) is 13.6 Å². The van der Waals surface area contributed by atoms with Crippen molar-refractivity contribution in [1.82, 2.24) is 30.4 Å². The molecule has 3 rings (SSSR count). The van der Waals surface area contributed by atoms with Crippen molar-refractivity contribution < 1.29 is 0 Å². The molecule has 2 N–H and O–H groups in total. The van der Waals surface area contributed by atoms with Gasteiger partial charge >= 0.3 is 0 Å². The van der Waals surface area contributed by atoms with E-state index in [0.717, 1.165) is 34.9 Å². The molecule has 0 aliphatic heterocycles. The highest BCUT2D eigenvalue weighted by atomic mass is 15.5. The lowest BCUT2D eigenvalue weighted by Crippen LogP contribution is -2.00. The van der Waals surface area contributed by atoms with E-state index in [2.05, 4.69) is 31.0 Å². The maximum atomic E-state index is 4.01. The van der Waals surface area contributed by atoms with Crippen molar-refractivity contribution in [1.29, 1.82) is 0 Å². The smallest absolute Gasteiger partial charge is 0.181 e. The topological polar surface area (TPSA) is 84.3 Å². The molecule has 0 bridgehead atoms. The first-order valence-electron chi connectivity index (χ1n) is 6.29. The summed E-state index contributed by atoms with van der Waals surface area (Å²) in [7, 11) is 1.82. The van der Waals surface area contributed by atoms with Crippen molar-refractivity contribution in [2.24, 2.45) is 7.05 Å². The van der Waals surface area contributed by atoms with E-state index < -0.39 is 0 Å². The monoisotopic (exact) mass is 269 g/mol. The number of hydrogen-bond acceptors (Lipinski definition) is 5. The van der Waals surface area contributed by atoms with Gasteiger partial charge < -0.3 is 5.32 Å². The van der Waals surface area contributed by atoms with Crippen LogP contribution >= 0.6 is 0 Å². The molecule has 0 amide bonds. The largest absolute Gasteiger partial charge is 0.381 e. The lowest BCUT2D eigenvalue weighted by atomic mass is 10.2. The lowest BCUT2D eigenvalue weighted by Gasteiger charge is -2.07. The zero-order chi connectivity index (χ0) is 13.9. The van der Waals surface area contributed by atoms with Gasteiger partial charge in [0.05, 0.1) is 6.20 Å². The minimum absolute atomic E-state index is 0.725. The van der Waals surface area contributed by atoms with Gasteiger partial charge in [-0.1, -0.05) is 12.1 Å². The zero-order valence-electron chi connectivity index (χ0n) is 11.3. The average Bonchev–Trinajstić information content (AvgIpc) is 3.05. The molecule has 0 fully saturated rings. The van der Waals surface area contributed by atoms with E-state index in [4.69, 9.17) is 0 Å². The molecule has 0 aliphatic carbocycles. The zero-order valence-corrected chi connectivity index (χ0v) is 11.3. The summed E-state index contributed by atoms with van der Waals surface area (Å²) < 4.78 is 1.65. The summed E-state index contributed by atoms with van der Waals surface area (Å²) >= 11 is 0. The number of aromatic nitrogens is 6. The Morgan fingerprint density at radius 3 is 2.95 bits per heavy atom. The van der Waals surface area contributed by atoms with E-state index in [9.17, 15) is 0 Å². The van der Waals surface area contributed by atoms with Crippen LogP contribution in [0.5, 0.6) is 0 Å². The van der Waals surface area contributed by atoms with Crippen molar-refractivity contribution in [2.45, 2.75) is 13.5 Å². The second-order valence-corrected chi connectivity index (χ2v) is 4.58. The third-order valence-electron chi connectivity index (χ3n) is 3.16. The van der Waals surface area contributed by atoms with Crippen molar-refractivity contribution in [2.75, 3.05) is 5.32 Å². The first-order chi connectivity index (χ1) is 9.74. The van der Waals surface area contributed by atoms with E-state index in [-0.39, 0.29) is 0 Å². The Bertz CT molecular complexity index is 713. The van der Waals surface area contributed by atoms with Crippen LogP contribution in [-0.4, -0.2) is 30.4 Å². The number of nitrogens with one attached hydrogen (secondary N) is 2. The summed E-state index contributed by atoms with van der Waals surface area (Å²) in [5, 5.41) is 21.8. The molecule has 0 atom stereocenters. The van der Waals surface area contributed by atoms with E-state index in [0.29, 0.717) is 0 Å². The van der Waals surface area contributed by atoms with Gasteiger partial charge in [0.2, 0.25) is 0 Å². The third-order valence-corrected chi connectivity index (χ3v) is 3.16. The highest BCUT2D eigenvalue weighted by Gasteiger charge is 2.06. The van der Waals surface area contributed by atoms with Gasteiger partial charge in [-0.25, -0.2) is 4.68 Å². The number of aromatic amines is 1. The van der Waals surface area contributed by atoms with Crippen LogP contribution in [0.2, 0.25) is 0 Å². The molecule has 7 nitrogen and oxygen atoms in total. The van der Waals surface area contributed by atoms with E-state index in [1.807, 2.05) is 44.4 Å².